The third-order valence-corrected chi connectivity index (χ3v) is 3.38. The third kappa shape index (κ3) is 3.32. The van der Waals surface area contributed by atoms with Gasteiger partial charge in [-0.2, -0.15) is 0 Å². The van der Waals surface area contributed by atoms with E-state index < -0.39 is 9.84 Å². The van der Waals surface area contributed by atoms with Gasteiger partial charge in [0.25, 0.3) is 0 Å². The molecule has 0 aliphatic carbocycles. The van der Waals surface area contributed by atoms with Crippen LogP contribution in [0, 0.1) is 6.92 Å². The molecule has 1 rings (SSSR count). The number of aryl methyl sites for hydroxylation is 1. The van der Waals surface area contributed by atoms with Gasteiger partial charge in [-0.3, -0.25) is 0 Å². The van der Waals surface area contributed by atoms with E-state index in [4.69, 9.17) is 0 Å². The quantitative estimate of drug-likeness (QED) is 0.848. The standard InChI is InChI=1S/C11H17NO2S/c1-4-12-8-10-7-9(2)5-6-11(10)15(3,13)14/h5-7,12H,4,8H2,1-3H3. The fraction of sp³-hybridized carbons (Fsp3) is 0.455. The van der Waals surface area contributed by atoms with Crippen LogP contribution in [-0.2, 0) is 16.4 Å². The lowest BCUT2D eigenvalue weighted by atomic mass is 10.1. The van der Waals surface area contributed by atoms with Crippen LogP contribution in [0.5, 0.6) is 0 Å². The van der Waals surface area contributed by atoms with Gasteiger partial charge < -0.3 is 5.32 Å². The Morgan fingerprint density at radius 2 is 2.00 bits per heavy atom. The molecular weight excluding hydrogens is 210 g/mol. The first-order valence-corrected chi connectivity index (χ1v) is 6.84. The molecule has 0 aromatic heterocycles. The van der Waals surface area contributed by atoms with Crippen molar-refractivity contribution in [2.45, 2.75) is 25.3 Å². The lowest BCUT2D eigenvalue weighted by Gasteiger charge is -2.09. The summed E-state index contributed by atoms with van der Waals surface area (Å²) in [5, 5.41) is 3.14. The molecule has 0 atom stereocenters. The number of rotatable bonds is 4. The van der Waals surface area contributed by atoms with Crippen molar-refractivity contribution < 1.29 is 8.42 Å². The van der Waals surface area contributed by atoms with Gasteiger partial charge in [0.05, 0.1) is 4.90 Å². The Labute approximate surface area is 91.4 Å². The van der Waals surface area contributed by atoms with Gasteiger partial charge in [-0.25, -0.2) is 8.42 Å². The van der Waals surface area contributed by atoms with Crippen LogP contribution in [-0.4, -0.2) is 21.2 Å². The van der Waals surface area contributed by atoms with Crippen molar-refractivity contribution in [3.63, 3.8) is 0 Å². The van der Waals surface area contributed by atoms with Gasteiger partial charge in [-0.05, 0) is 25.1 Å². The van der Waals surface area contributed by atoms with E-state index in [-0.39, 0.29) is 0 Å². The molecule has 0 bridgehead atoms. The first kappa shape index (κ1) is 12.2. The predicted octanol–water partition coefficient (Wildman–Crippen LogP) is 1.51. The van der Waals surface area contributed by atoms with E-state index in [0.29, 0.717) is 11.4 Å². The van der Waals surface area contributed by atoms with Crippen LogP contribution < -0.4 is 5.32 Å². The van der Waals surface area contributed by atoms with Gasteiger partial charge in [0.15, 0.2) is 9.84 Å². The minimum atomic E-state index is -3.12. The maximum absolute atomic E-state index is 11.5. The lowest BCUT2D eigenvalue weighted by Crippen LogP contribution is -2.14. The highest BCUT2D eigenvalue weighted by Crippen LogP contribution is 2.17. The largest absolute Gasteiger partial charge is 0.313 e. The van der Waals surface area contributed by atoms with Crippen molar-refractivity contribution in [2.24, 2.45) is 0 Å². The molecule has 0 amide bonds. The molecule has 3 nitrogen and oxygen atoms in total. The molecule has 0 saturated heterocycles. The van der Waals surface area contributed by atoms with E-state index in [0.717, 1.165) is 17.7 Å². The predicted molar refractivity (Wildman–Crippen MR) is 61.7 cm³/mol. The Hall–Kier alpha value is -0.870. The highest BCUT2D eigenvalue weighted by Gasteiger charge is 2.12. The van der Waals surface area contributed by atoms with Gasteiger partial charge in [0.1, 0.15) is 0 Å². The van der Waals surface area contributed by atoms with Crippen LogP contribution in [0.3, 0.4) is 0 Å². The average molecular weight is 227 g/mol. The molecule has 1 N–H and O–H groups in total. The number of benzene rings is 1. The Morgan fingerprint density at radius 3 is 2.53 bits per heavy atom. The smallest absolute Gasteiger partial charge is 0.175 e. The molecule has 1 aromatic rings. The lowest BCUT2D eigenvalue weighted by molar-refractivity contribution is 0.599. The third-order valence-electron chi connectivity index (χ3n) is 2.18. The summed E-state index contributed by atoms with van der Waals surface area (Å²) in [5.74, 6) is 0. The van der Waals surface area contributed by atoms with Crippen LogP contribution >= 0.6 is 0 Å². The van der Waals surface area contributed by atoms with Crippen molar-refractivity contribution in [1.29, 1.82) is 0 Å². The zero-order valence-corrected chi connectivity index (χ0v) is 10.2. The molecule has 0 saturated carbocycles. The second-order valence-electron chi connectivity index (χ2n) is 3.66. The highest BCUT2D eigenvalue weighted by atomic mass is 32.2. The molecule has 0 aliphatic rings. The summed E-state index contributed by atoms with van der Waals surface area (Å²) < 4.78 is 23.0. The van der Waals surface area contributed by atoms with Crippen LogP contribution in [0.25, 0.3) is 0 Å². The van der Waals surface area contributed by atoms with E-state index in [1.165, 1.54) is 6.26 Å². The van der Waals surface area contributed by atoms with Crippen molar-refractivity contribution >= 4 is 9.84 Å². The zero-order chi connectivity index (χ0) is 11.5. The van der Waals surface area contributed by atoms with E-state index in [1.807, 2.05) is 26.0 Å². The van der Waals surface area contributed by atoms with Gasteiger partial charge in [0.2, 0.25) is 0 Å². The normalized spacial score (nSPS) is 11.7. The number of nitrogens with one attached hydrogen (secondary N) is 1. The van der Waals surface area contributed by atoms with Gasteiger partial charge in [0, 0.05) is 12.8 Å². The number of hydrogen-bond donors (Lipinski definition) is 1. The Balaban J connectivity index is 3.15. The van der Waals surface area contributed by atoms with Crippen LogP contribution in [0.1, 0.15) is 18.1 Å². The minimum Gasteiger partial charge on any atom is -0.313 e. The fourth-order valence-corrected chi connectivity index (χ4v) is 2.39. The zero-order valence-electron chi connectivity index (χ0n) is 9.37. The molecule has 0 fully saturated rings. The Morgan fingerprint density at radius 1 is 1.33 bits per heavy atom. The van der Waals surface area contributed by atoms with E-state index in [1.54, 1.807) is 6.07 Å². The summed E-state index contributed by atoms with van der Waals surface area (Å²) in [7, 11) is -3.12. The molecule has 15 heavy (non-hydrogen) atoms. The van der Waals surface area contributed by atoms with E-state index in [9.17, 15) is 8.42 Å². The second-order valence-corrected chi connectivity index (χ2v) is 5.65. The van der Waals surface area contributed by atoms with Gasteiger partial charge in [-0.1, -0.05) is 24.6 Å². The van der Waals surface area contributed by atoms with E-state index >= 15 is 0 Å². The van der Waals surface area contributed by atoms with Crippen molar-refractivity contribution in [2.75, 3.05) is 12.8 Å². The summed E-state index contributed by atoms with van der Waals surface area (Å²) in [6, 6.07) is 5.42. The number of sulfone groups is 1. The SMILES string of the molecule is CCNCc1cc(C)ccc1S(C)(=O)=O. The van der Waals surface area contributed by atoms with Crippen molar-refractivity contribution in [1.82, 2.24) is 5.32 Å². The second kappa shape index (κ2) is 4.77. The van der Waals surface area contributed by atoms with Crippen molar-refractivity contribution in [3.8, 4) is 0 Å². The minimum absolute atomic E-state index is 0.425. The molecule has 4 heteroatoms. The Bertz CT molecular complexity index is 438. The Kier molecular flexibility index (Phi) is 3.88. The highest BCUT2D eigenvalue weighted by molar-refractivity contribution is 7.90. The van der Waals surface area contributed by atoms with Crippen LogP contribution in [0.2, 0.25) is 0 Å². The summed E-state index contributed by atoms with van der Waals surface area (Å²) in [4.78, 5) is 0.425. The first-order valence-electron chi connectivity index (χ1n) is 4.95. The number of hydrogen-bond acceptors (Lipinski definition) is 3. The molecule has 84 valence electrons. The summed E-state index contributed by atoms with van der Waals surface area (Å²) >= 11 is 0. The molecule has 0 radical (unpaired) electrons. The summed E-state index contributed by atoms with van der Waals surface area (Å²) in [6.45, 7) is 5.38. The van der Waals surface area contributed by atoms with Gasteiger partial charge >= 0.3 is 0 Å². The maximum Gasteiger partial charge on any atom is 0.175 e. The monoisotopic (exact) mass is 227 g/mol. The first-order chi connectivity index (χ1) is 6.95. The molecule has 0 spiro atoms. The molecule has 0 heterocycles. The molecule has 0 aliphatic heterocycles. The van der Waals surface area contributed by atoms with E-state index in [2.05, 4.69) is 5.32 Å². The summed E-state index contributed by atoms with van der Waals surface area (Å²) in [6.07, 6.45) is 1.24. The topological polar surface area (TPSA) is 46.2 Å². The molecule has 0 unspecified atom stereocenters. The fourth-order valence-electron chi connectivity index (χ4n) is 1.47. The molecule has 1 aromatic carbocycles. The van der Waals surface area contributed by atoms with Crippen molar-refractivity contribution in [3.05, 3.63) is 29.3 Å². The van der Waals surface area contributed by atoms with Crippen LogP contribution in [0.4, 0.5) is 0 Å². The average Bonchev–Trinajstić information content (AvgIpc) is 2.12. The van der Waals surface area contributed by atoms with Gasteiger partial charge in [-0.15, -0.1) is 0 Å². The maximum atomic E-state index is 11.5. The van der Waals surface area contributed by atoms with Crippen LogP contribution in [0.15, 0.2) is 23.1 Å². The molecular formula is C11H17NO2S. The summed E-state index contributed by atoms with van der Waals surface area (Å²) in [5.41, 5.74) is 1.93.